The highest BCUT2D eigenvalue weighted by atomic mass is 32.2. The van der Waals surface area contributed by atoms with E-state index < -0.39 is 0 Å². The second kappa shape index (κ2) is 5.84. The molecule has 4 saturated carbocycles. The third-order valence-electron chi connectivity index (χ3n) is 6.13. The number of amides is 1. The number of nitrogens with one attached hydrogen (secondary N) is 1. The number of rotatable bonds is 4. The lowest BCUT2D eigenvalue weighted by Gasteiger charge is -2.57. The predicted molar refractivity (Wildman–Crippen MR) is 95.5 cm³/mol. The number of carbonyl (C=O) groups is 1. The third kappa shape index (κ3) is 3.17. The Bertz CT molecular complexity index is 559. The van der Waals surface area contributed by atoms with E-state index in [4.69, 9.17) is 0 Å². The van der Waals surface area contributed by atoms with Crippen LogP contribution in [0.25, 0.3) is 0 Å². The Labute approximate surface area is 143 Å². The summed E-state index contributed by atoms with van der Waals surface area (Å²) in [4.78, 5) is 14.0. The minimum atomic E-state index is -0.0225. The summed E-state index contributed by atoms with van der Waals surface area (Å²) in [6.07, 6.45) is 7.94. The number of hydrogen-bond acceptors (Lipinski definition) is 2. The van der Waals surface area contributed by atoms with Crippen LogP contribution in [-0.4, -0.2) is 16.7 Å². The first-order valence-electron chi connectivity index (χ1n) is 9.07. The Morgan fingerprint density at radius 3 is 2.13 bits per heavy atom. The molecular formula is C20H27NOS. The Hall–Kier alpha value is -0.960. The van der Waals surface area contributed by atoms with E-state index in [0.29, 0.717) is 0 Å². The van der Waals surface area contributed by atoms with Gasteiger partial charge in [-0.25, -0.2) is 0 Å². The first kappa shape index (κ1) is 15.6. The first-order chi connectivity index (χ1) is 11.0. The van der Waals surface area contributed by atoms with E-state index in [1.807, 2.05) is 6.92 Å². The lowest BCUT2D eigenvalue weighted by Crippen LogP contribution is -2.60. The van der Waals surface area contributed by atoms with Gasteiger partial charge in [-0.2, -0.15) is 0 Å². The molecule has 1 atom stereocenters. The molecule has 124 valence electrons. The number of benzene rings is 1. The molecule has 4 bridgehead atoms. The second-order valence-corrected chi connectivity index (χ2v) is 9.67. The van der Waals surface area contributed by atoms with Crippen molar-refractivity contribution in [1.82, 2.24) is 5.32 Å². The summed E-state index contributed by atoms with van der Waals surface area (Å²) in [7, 11) is 0. The van der Waals surface area contributed by atoms with Crippen LogP contribution >= 0.6 is 11.8 Å². The number of carbonyl (C=O) groups excluding carboxylic acids is 1. The van der Waals surface area contributed by atoms with E-state index in [1.54, 1.807) is 11.8 Å². The van der Waals surface area contributed by atoms with Crippen LogP contribution in [0.4, 0.5) is 0 Å². The molecule has 0 spiro atoms. The van der Waals surface area contributed by atoms with Gasteiger partial charge < -0.3 is 5.32 Å². The largest absolute Gasteiger partial charge is 0.350 e. The Kier molecular flexibility index (Phi) is 3.95. The molecule has 23 heavy (non-hydrogen) atoms. The van der Waals surface area contributed by atoms with Crippen molar-refractivity contribution in [3.05, 3.63) is 29.8 Å². The van der Waals surface area contributed by atoms with Gasteiger partial charge in [-0.1, -0.05) is 17.7 Å². The highest BCUT2D eigenvalue weighted by Crippen LogP contribution is 2.55. The summed E-state index contributed by atoms with van der Waals surface area (Å²) < 4.78 is 0. The first-order valence-corrected chi connectivity index (χ1v) is 9.95. The molecule has 1 aromatic carbocycles. The average Bonchev–Trinajstić information content (AvgIpc) is 2.47. The van der Waals surface area contributed by atoms with Crippen LogP contribution in [0.2, 0.25) is 0 Å². The third-order valence-corrected chi connectivity index (χ3v) is 7.24. The molecule has 0 aromatic heterocycles. The van der Waals surface area contributed by atoms with E-state index in [-0.39, 0.29) is 16.7 Å². The summed E-state index contributed by atoms with van der Waals surface area (Å²) in [6.45, 7) is 4.14. The zero-order valence-corrected chi connectivity index (χ0v) is 15.0. The van der Waals surface area contributed by atoms with Crippen LogP contribution in [0, 0.1) is 24.7 Å². The standard InChI is InChI=1S/C20H27NOS/c1-13-3-5-18(6-4-13)23-14(2)19(22)21-20-10-15-7-16(11-20)9-17(8-15)12-20/h3-6,14-17H,7-12H2,1-2H3,(H,21,22)/t14-,15?,16?,17?,20?/m1/s1. The minimum absolute atomic E-state index is 0.0225. The maximum Gasteiger partial charge on any atom is 0.233 e. The van der Waals surface area contributed by atoms with Gasteiger partial charge in [0.25, 0.3) is 0 Å². The van der Waals surface area contributed by atoms with E-state index in [9.17, 15) is 4.79 Å². The minimum Gasteiger partial charge on any atom is -0.350 e. The van der Waals surface area contributed by atoms with Crippen molar-refractivity contribution in [3.8, 4) is 0 Å². The molecule has 0 radical (unpaired) electrons. The molecule has 3 heteroatoms. The van der Waals surface area contributed by atoms with E-state index in [0.717, 1.165) is 17.8 Å². The SMILES string of the molecule is Cc1ccc(S[C@H](C)C(=O)NC23CC4CC(CC(C4)C2)C3)cc1. The number of aryl methyl sites for hydroxylation is 1. The molecule has 1 N–H and O–H groups in total. The van der Waals surface area contributed by atoms with Crippen molar-refractivity contribution in [2.24, 2.45) is 17.8 Å². The fourth-order valence-corrected chi connectivity index (χ4v) is 6.37. The normalized spacial score (nSPS) is 36.0. The van der Waals surface area contributed by atoms with Gasteiger partial charge in [0.2, 0.25) is 5.91 Å². The zero-order chi connectivity index (χ0) is 16.0. The molecule has 2 nitrogen and oxygen atoms in total. The summed E-state index contributed by atoms with van der Waals surface area (Å²) >= 11 is 1.68. The molecule has 4 aliphatic rings. The molecule has 0 unspecified atom stereocenters. The Morgan fingerprint density at radius 1 is 1.09 bits per heavy atom. The van der Waals surface area contributed by atoms with Crippen molar-refractivity contribution in [2.45, 2.75) is 68.1 Å². The van der Waals surface area contributed by atoms with Gasteiger partial charge >= 0.3 is 0 Å². The van der Waals surface area contributed by atoms with Crippen molar-refractivity contribution in [1.29, 1.82) is 0 Å². The van der Waals surface area contributed by atoms with Crippen molar-refractivity contribution >= 4 is 17.7 Å². The van der Waals surface area contributed by atoms with Crippen molar-refractivity contribution in [2.75, 3.05) is 0 Å². The Morgan fingerprint density at radius 2 is 1.61 bits per heavy atom. The maximum atomic E-state index is 12.8. The maximum absolute atomic E-state index is 12.8. The Balaban J connectivity index is 1.40. The van der Waals surface area contributed by atoms with E-state index in [2.05, 4.69) is 36.5 Å². The highest BCUT2D eigenvalue weighted by Gasteiger charge is 2.51. The predicted octanol–water partition coefficient (Wildman–Crippen LogP) is 4.56. The van der Waals surface area contributed by atoms with Crippen LogP contribution < -0.4 is 5.32 Å². The van der Waals surface area contributed by atoms with Gasteiger partial charge in [-0.05, 0) is 82.3 Å². The lowest BCUT2D eigenvalue weighted by molar-refractivity contribution is -0.126. The summed E-state index contributed by atoms with van der Waals surface area (Å²) in [5, 5.41) is 3.47. The van der Waals surface area contributed by atoms with Crippen molar-refractivity contribution in [3.63, 3.8) is 0 Å². The van der Waals surface area contributed by atoms with Crippen LogP contribution in [-0.2, 0) is 4.79 Å². The highest BCUT2D eigenvalue weighted by molar-refractivity contribution is 8.00. The van der Waals surface area contributed by atoms with Crippen LogP contribution in [0.1, 0.15) is 51.0 Å². The van der Waals surface area contributed by atoms with Gasteiger partial charge in [0.15, 0.2) is 0 Å². The molecule has 0 heterocycles. The van der Waals surface area contributed by atoms with Gasteiger partial charge in [-0.3, -0.25) is 4.79 Å². The fraction of sp³-hybridized carbons (Fsp3) is 0.650. The quantitative estimate of drug-likeness (QED) is 0.820. The molecule has 1 aromatic rings. The fourth-order valence-electron chi connectivity index (χ4n) is 5.50. The average molecular weight is 330 g/mol. The molecule has 0 aliphatic heterocycles. The number of hydrogen-bond donors (Lipinski definition) is 1. The second-order valence-electron chi connectivity index (χ2n) is 8.26. The van der Waals surface area contributed by atoms with Crippen LogP contribution in [0.15, 0.2) is 29.2 Å². The molecule has 1 amide bonds. The van der Waals surface area contributed by atoms with Crippen LogP contribution in [0.3, 0.4) is 0 Å². The van der Waals surface area contributed by atoms with Gasteiger partial charge in [0.1, 0.15) is 0 Å². The summed E-state index contributed by atoms with van der Waals surface area (Å²) in [5.74, 6) is 2.86. The number of thioether (sulfide) groups is 1. The molecule has 0 saturated heterocycles. The topological polar surface area (TPSA) is 29.1 Å². The van der Waals surface area contributed by atoms with Gasteiger partial charge in [-0.15, -0.1) is 11.8 Å². The molecule has 4 aliphatic carbocycles. The van der Waals surface area contributed by atoms with E-state index >= 15 is 0 Å². The zero-order valence-electron chi connectivity index (χ0n) is 14.2. The summed E-state index contributed by atoms with van der Waals surface area (Å²) in [5.41, 5.74) is 1.40. The monoisotopic (exact) mass is 329 g/mol. The van der Waals surface area contributed by atoms with Crippen LogP contribution in [0.5, 0.6) is 0 Å². The molecule has 5 rings (SSSR count). The molecular weight excluding hydrogens is 302 g/mol. The summed E-state index contributed by atoms with van der Waals surface area (Å²) in [6, 6.07) is 8.47. The smallest absolute Gasteiger partial charge is 0.233 e. The lowest BCUT2D eigenvalue weighted by atomic mass is 9.53. The van der Waals surface area contributed by atoms with Gasteiger partial charge in [0, 0.05) is 10.4 Å². The van der Waals surface area contributed by atoms with Gasteiger partial charge in [0.05, 0.1) is 5.25 Å². The van der Waals surface area contributed by atoms with Crippen molar-refractivity contribution < 1.29 is 4.79 Å². The van der Waals surface area contributed by atoms with E-state index in [1.165, 1.54) is 49.0 Å². The molecule has 4 fully saturated rings.